The predicted molar refractivity (Wildman–Crippen MR) is 218 cm³/mol. The Morgan fingerprint density at radius 2 is 0.907 bits per heavy atom. The summed E-state index contributed by atoms with van der Waals surface area (Å²) < 4.78 is 6.17. The summed E-state index contributed by atoms with van der Waals surface area (Å²) in [5, 5.41) is 4.42. The van der Waals surface area contributed by atoms with Gasteiger partial charge in [0, 0.05) is 21.9 Å². The molecule has 0 bridgehead atoms. The third-order valence-corrected chi connectivity index (χ3v) is 11.0. The van der Waals surface area contributed by atoms with Crippen LogP contribution in [-0.2, 0) is 5.41 Å². The molecule has 0 radical (unpaired) electrons. The number of nitrogens with zero attached hydrogens (tertiary/aromatic N) is 3. The van der Waals surface area contributed by atoms with Gasteiger partial charge in [0.25, 0.3) is 0 Å². The van der Waals surface area contributed by atoms with Crippen LogP contribution in [-0.4, -0.2) is 15.0 Å². The summed E-state index contributed by atoms with van der Waals surface area (Å²) in [6.07, 6.45) is 0. The second-order valence-corrected chi connectivity index (χ2v) is 13.9. The lowest BCUT2D eigenvalue weighted by Crippen LogP contribution is -2.31. The summed E-state index contributed by atoms with van der Waals surface area (Å²) >= 11 is 0. The van der Waals surface area contributed by atoms with Crippen molar-refractivity contribution in [2.45, 2.75) is 5.41 Å². The Morgan fingerprint density at radius 3 is 1.65 bits per heavy atom. The lowest BCUT2D eigenvalue weighted by atomic mass is 9.71. The summed E-state index contributed by atoms with van der Waals surface area (Å²) in [6, 6.07) is 66.0. The fraction of sp³-hybridized carbons (Fsp3) is 0.0200. The second kappa shape index (κ2) is 11.9. The van der Waals surface area contributed by atoms with E-state index in [1.807, 2.05) is 30.3 Å². The summed E-state index contributed by atoms with van der Waals surface area (Å²) in [6.45, 7) is 0. The molecule has 0 aliphatic heterocycles. The average Bonchev–Trinajstić information content (AvgIpc) is 3.77. The maximum atomic E-state index is 6.17. The van der Waals surface area contributed by atoms with Crippen molar-refractivity contribution >= 4 is 32.7 Å². The van der Waals surface area contributed by atoms with Crippen LogP contribution in [0.15, 0.2) is 192 Å². The van der Waals surface area contributed by atoms with Gasteiger partial charge >= 0.3 is 0 Å². The number of benzene rings is 8. The van der Waals surface area contributed by atoms with E-state index < -0.39 is 5.41 Å². The normalized spacial score (nSPS) is 13.0. The highest BCUT2D eigenvalue weighted by Crippen LogP contribution is 2.55. The highest BCUT2D eigenvalue weighted by atomic mass is 16.3. The van der Waals surface area contributed by atoms with Crippen molar-refractivity contribution in [2.24, 2.45) is 0 Å². The molecule has 0 N–H and O–H groups in total. The molecule has 4 heteroatoms. The summed E-state index contributed by atoms with van der Waals surface area (Å²) in [7, 11) is 0. The molecule has 0 saturated carbocycles. The fourth-order valence-corrected chi connectivity index (χ4v) is 8.62. The highest BCUT2D eigenvalue weighted by Gasteiger charge is 2.48. The fourth-order valence-electron chi connectivity index (χ4n) is 8.62. The lowest BCUT2D eigenvalue weighted by molar-refractivity contribution is 0.669. The first-order valence-corrected chi connectivity index (χ1v) is 18.3. The molecule has 0 saturated heterocycles. The van der Waals surface area contributed by atoms with Crippen LogP contribution in [0, 0.1) is 0 Å². The average molecular weight is 690 g/mol. The van der Waals surface area contributed by atoms with Crippen LogP contribution in [0.1, 0.15) is 22.5 Å². The Kier molecular flexibility index (Phi) is 6.73. The van der Waals surface area contributed by atoms with Gasteiger partial charge in [-0.25, -0.2) is 15.0 Å². The van der Waals surface area contributed by atoms with Gasteiger partial charge in [-0.3, -0.25) is 0 Å². The smallest absolute Gasteiger partial charge is 0.164 e. The third kappa shape index (κ3) is 4.47. The van der Waals surface area contributed by atoms with Crippen LogP contribution < -0.4 is 0 Å². The zero-order chi connectivity index (χ0) is 35.6. The van der Waals surface area contributed by atoms with Crippen molar-refractivity contribution in [1.29, 1.82) is 0 Å². The van der Waals surface area contributed by atoms with E-state index >= 15 is 0 Å². The number of hydrogen-bond acceptors (Lipinski definition) is 4. The van der Waals surface area contributed by atoms with E-state index in [-0.39, 0.29) is 0 Å². The minimum absolute atomic E-state index is 0.634. The van der Waals surface area contributed by atoms with Gasteiger partial charge in [0.05, 0.1) is 0 Å². The van der Waals surface area contributed by atoms with Gasteiger partial charge in [-0.1, -0.05) is 164 Å². The predicted octanol–water partition coefficient (Wildman–Crippen LogP) is 12.3. The molecule has 2 aromatic heterocycles. The Hall–Kier alpha value is -7.17. The van der Waals surface area contributed by atoms with Crippen LogP contribution in [0.5, 0.6) is 0 Å². The van der Waals surface area contributed by atoms with E-state index in [1.165, 1.54) is 11.1 Å². The number of rotatable bonds is 5. The molecule has 0 unspecified atom stereocenters. The Labute approximate surface area is 312 Å². The minimum atomic E-state index is -0.770. The Bertz CT molecular complexity index is 3010. The van der Waals surface area contributed by atoms with Crippen LogP contribution in [0.25, 0.3) is 77.7 Å². The number of hydrogen-bond donors (Lipinski definition) is 0. The molecule has 8 aromatic carbocycles. The lowest BCUT2D eigenvalue weighted by Gasteiger charge is -2.32. The highest BCUT2D eigenvalue weighted by molar-refractivity contribution is 6.09. The molecule has 4 nitrogen and oxygen atoms in total. The Morgan fingerprint density at radius 1 is 0.352 bits per heavy atom. The summed E-state index contributed by atoms with van der Waals surface area (Å²) in [4.78, 5) is 16.2. The molecular formula is C50H31N3O. The summed E-state index contributed by atoms with van der Waals surface area (Å²) in [5.41, 5.74) is 11.0. The van der Waals surface area contributed by atoms with E-state index in [0.717, 1.165) is 71.7 Å². The quantitative estimate of drug-likeness (QED) is 0.180. The van der Waals surface area contributed by atoms with Gasteiger partial charge in [-0.05, 0) is 74.0 Å². The molecular weight excluding hydrogens is 659 g/mol. The number of fused-ring (bicyclic) bond motifs is 7. The monoisotopic (exact) mass is 689 g/mol. The van der Waals surface area contributed by atoms with E-state index in [0.29, 0.717) is 17.5 Å². The Balaban J connectivity index is 1.18. The largest absolute Gasteiger partial charge is 0.456 e. The van der Waals surface area contributed by atoms with E-state index in [9.17, 15) is 0 Å². The van der Waals surface area contributed by atoms with Crippen LogP contribution in [0.3, 0.4) is 0 Å². The van der Waals surface area contributed by atoms with Crippen LogP contribution in [0.2, 0.25) is 0 Å². The second-order valence-electron chi connectivity index (χ2n) is 13.9. The zero-order valence-corrected chi connectivity index (χ0v) is 29.1. The molecule has 0 spiro atoms. The van der Waals surface area contributed by atoms with Crippen molar-refractivity contribution in [2.75, 3.05) is 0 Å². The number of para-hydroxylation sites is 1. The van der Waals surface area contributed by atoms with Crippen molar-refractivity contribution in [3.63, 3.8) is 0 Å². The van der Waals surface area contributed by atoms with Gasteiger partial charge in [0.15, 0.2) is 17.5 Å². The minimum Gasteiger partial charge on any atom is -0.456 e. The molecule has 11 rings (SSSR count). The van der Waals surface area contributed by atoms with Gasteiger partial charge in [0.2, 0.25) is 0 Å². The van der Waals surface area contributed by atoms with Crippen molar-refractivity contribution < 1.29 is 4.42 Å². The van der Waals surface area contributed by atoms with Crippen molar-refractivity contribution in [3.8, 4) is 45.0 Å². The topological polar surface area (TPSA) is 51.8 Å². The molecule has 2 heterocycles. The van der Waals surface area contributed by atoms with E-state index in [2.05, 4.69) is 158 Å². The molecule has 54 heavy (non-hydrogen) atoms. The van der Waals surface area contributed by atoms with Crippen molar-refractivity contribution in [1.82, 2.24) is 15.0 Å². The summed E-state index contributed by atoms with van der Waals surface area (Å²) in [5.74, 6) is 1.97. The molecule has 252 valence electrons. The SMILES string of the molecule is c1ccc(-c2nc(-c3ccc(-c4ccc5oc6ccccc6c5c4)c4ccccc34)nc(C3(c4ccccc4)c4ccccc4-c4ccccc43)n2)cc1. The van der Waals surface area contributed by atoms with E-state index in [1.54, 1.807) is 0 Å². The molecule has 0 fully saturated rings. The molecule has 10 aromatic rings. The molecule has 0 amide bonds. The maximum Gasteiger partial charge on any atom is 0.164 e. The van der Waals surface area contributed by atoms with Gasteiger partial charge in [0.1, 0.15) is 16.6 Å². The molecule has 1 aliphatic rings. The van der Waals surface area contributed by atoms with E-state index in [4.69, 9.17) is 19.4 Å². The first-order chi connectivity index (χ1) is 26.8. The number of aromatic nitrogens is 3. The van der Waals surface area contributed by atoms with Crippen LogP contribution >= 0.6 is 0 Å². The zero-order valence-electron chi connectivity index (χ0n) is 29.1. The van der Waals surface area contributed by atoms with Gasteiger partial charge in [-0.2, -0.15) is 0 Å². The third-order valence-electron chi connectivity index (χ3n) is 11.0. The van der Waals surface area contributed by atoms with Crippen LogP contribution in [0.4, 0.5) is 0 Å². The molecule has 1 aliphatic carbocycles. The maximum absolute atomic E-state index is 6.17. The van der Waals surface area contributed by atoms with Gasteiger partial charge < -0.3 is 4.42 Å². The standard InChI is InChI=1S/C50H31N3O/c1-3-15-32(16-4-1)47-51-48(53-49(52-47)50(34-17-5-2-6-18-34)43-24-12-9-21-38(43)39-22-10-13-25-44(39)50)41-29-28-35(36-19-7-8-20-37(36)41)33-27-30-46-42(31-33)40-23-11-14-26-45(40)54-46/h1-31H. The van der Waals surface area contributed by atoms with Crippen molar-refractivity contribution in [3.05, 3.63) is 211 Å². The first kappa shape index (κ1) is 30.5. The first-order valence-electron chi connectivity index (χ1n) is 18.3. The van der Waals surface area contributed by atoms with Gasteiger partial charge in [-0.15, -0.1) is 0 Å². The molecule has 0 atom stereocenters. The number of furan rings is 1.